The molecule has 0 saturated carbocycles. The normalized spacial score (nSPS) is 10.3. The summed E-state index contributed by atoms with van der Waals surface area (Å²) in [5.74, 6) is -0.393. The molecule has 0 unspecified atom stereocenters. The van der Waals surface area contributed by atoms with Crippen LogP contribution in [0.4, 0.5) is 0 Å². The summed E-state index contributed by atoms with van der Waals surface area (Å²) in [6.45, 7) is 0.230. The predicted molar refractivity (Wildman–Crippen MR) is 101 cm³/mol. The van der Waals surface area contributed by atoms with E-state index in [9.17, 15) is 9.59 Å². The fourth-order valence-electron chi connectivity index (χ4n) is 2.08. The van der Waals surface area contributed by atoms with Gasteiger partial charge in [0.2, 0.25) is 0 Å². The van der Waals surface area contributed by atoms with Crippen molar-refractivity contribution >= 4 is 46.7 Å². The Morgan fingerprint density at radius 3 is 2.31 bits per heavy atom. The first kappa shape index (κ1) is 20.4. The van der Waals surface area contributed by atoms with Gasteiger partial charge in [0.15, 0.2) is 6.61 Å². The number of rotatable bonds is 7. The van der Waals surface area contributed by atoms with Crippen molar-refractivity contribution in [2.75, 3.05) is 20.3 Å². The molecule has 26 heavy (non-hydrogen) atoms. The van der Waals surface area contributed by atoms with Gasteiger partial charge in [0.25, 0.3) is 5.91 Å². The van der Waals surface area contributed by atoms with Gasteiger partial charge in [0.05, 0.1) is 27.7 Å². The smallest absolute Gasteiger partial charge is 0.337 e. The molecule has 0 fully saturated rings. The highest BCUT2D eigenvalue weighted by Gasteiger charge is 2.09. The van der Waals surface area contributed by atoms with E-state index in [-0.39, 0.29) is 29.3 Å². The number of benzene rings is 2. The van der Waals surface area contributed by atoms with Crippen LogP contribution in [-0.2, 0) is 16.0 Å². The lowest BCUT2D eigenvalue weighted by Crippen LogP contribution is -2.30. The Labute approximate surface area is 166 Å². The molecule has 2 aromatic rings. The Morgan fingerprint density at radius 2 is 1.65 bits per heavy atom. The lowest BCUT2D eigenvalue weighted by atomic mass is 10.1. The fraction of sp³-hybridized carbons (Fsp3) is 0.222. The zero-order valence-electron chi connectivity index (χ0n) is 13.9. The quantitative estimate of drug-likeness (QED) is 0.543. The summed E-state index contributed by atoms with van der Waals surface area (Å²) in [5, 5.41) is 3.62. The topological polar surface area (TPSA) is 64.6 Å². The van der Waals surface area contributed by atoms with E-state index in [0.29, 0.717) is 28.6 Å². The average Bonchev–Trinajstić information content (AvgIpc) is 2.63. The Kier molecular flexibility index (Phi) is 7.57. The van der Waals surface area contributed by atoms with Gasteiger partial charge in [-0.1, -0.05) is 46.9 Å². The zero-order chi connectivity index (χ0) is 19.1. The lowest BCUT2D eigenvalue weighted by Gasteiger charge is -2.10. The maximum absolute atomic E-state index is 11.9. The molecule has 0 aliphatic heterocycles. The van der Waals surface area contributed by atoms with Crippen LogP contribution in [0.5, 0.6) is 5.75 Å². The Balaban J connectivity index is 1.77. The van der Waals surface area contributed by atoms with Crippen LogP contribution in [0.15, 0.2) is 36.4 Å². The minimum absolute atomic E-state index is 0.195. The Morgan fingerprint density at radius 1 is 1.00 bits per heavy atom. The summed E-state index contributed by atoms with van der Waals surface area (Å²) in [5.41, 5.74) is 1.46. The molecule has 2 rings (SSSR count). The van der Waals surface area contributed by atoms with Gasteiger partial charge in [0.1, 0.15) is 5.75 Å². The van der Waals surface area contributed by atoms with Crippen LogP contribution < -0.4 is 10.1 Å². The molecule has 0 bridgehead atoms. The molecule has 0 heterocycles. The van der Waals surface area contributed by atoms with Crippen molar-refractivity contribution in [2.45, 2.75) is 6.42 Å². The van der Waals surface area contributed by atoms with Crippen molar-refractivity contribution in [1.29, 1.82) is 0 Å². The minimum Gasteiger partial charge on any atom is -0.482 e. The van der Waals surface area contributed by atoms with Crippen molar-refractivity contribution in [3.05, 3.63) is 62.6 Å². The molecule has 0 aromatic heterocycles. The van der Waals surface area contributed by atoms with E-state index in [2.05, 4.69) is 10.1 Å². The Hall–Kier alpha value is -1.95. The third kappa shape index (κ3) is 5.80. The number of carbonyl (C=O) groups is 2. The van der Waals surface area contributed by atoms with E-state index in [4.69, 9.17) is 39.5 Å². The number of halogens is 3. The molecular formula is C18H16Cl3NO4. The molecular weight excluding hydrogens is 401 g/mol. The summed E-state index contributed by atoms with van der Waals surface area (Å²) < 4.78 is 9.99. The highest BCUT2D eigenvalue weighted by Crippen LogP contribution is 2.33. The van der Waals surface area contributed by atoms with E-state index in [1.54, 1.807) is 12.1 Å². The van der Waals surface area contributed by atoms with Gasteiger partial charge in [-0.05, 0) is 30.2 Å². The zero-order valence-corrected chi connectivity index (χ0v) is 16.1. The molecule has 2 aromatic carbocycles. The van der Waals surface area contributed by atoms with Gasteiger partial charge in [-0.3, -0.25) is 4.79 Å². The first-order valence-electron chi connectivity index (χ1n) is 7.62. The number of ether oxygens (including phenoxy) is 2. The van der Waals surface area contributed by atoms with Crippen molar-refractivity contribution in [3.8, 4) is 5.75 Å². The van der Waals surface area contributed by atoms with Crippen LogP contribution in [0.25, 0.3) is 0 Å². The summed E-state index contributed by atoms with van der Waals surface area (Å²) in [4.78, 5) is 23.2. The van der Waals surface area contributed by atoms with Crippen LogP contribution in [0.3, 0.4) is 0 Å². The second-order valence-electron chi connectivity index (χ2n) is 5.27. The van der Waals surface area contributed by atoms with Gasteiger partial charge in [-0.15, -0.1) is 0 Å². The monoisotopic (exact) mass is 415 g/mol. The molecule has 1 amide bonds. The number of hydrogen-bond donors (Lipinski definition) is 1. The number of hydrogen-bond acceptors (Lipinski definition) is 4. The van der Waals surface area contributed by atoms with Gasteiger partial charge in [0, 0.05) is 12.6 Å². The van der Waals surface area contributed by atoms with Gasteiger partial charge >= 0.3 is 5.97 Å². The summed E-state index contributed by atoms with van der Waals surface area (Å²) >= 11 is 17.7. The minimum atomic E-state index is -0.386. The standard InChI is InChI=1S/C18H16Cl3NO4/c1-25-18(24)12-4-2-11(3-5-12)6-7-22-17(23)10-26-16-9-14(20)13(19)8-15(16)21/h2-5,8-9H,6-7,10H2,1H3,(H,22,23). The molecule has 0 aliphatic carbocycles. The Bertz CT molecular complexity index is 794. The second-order valence-corrected chi connectivity index (χ2v) is 6.50. The number of nitrogens with one attached hydrogen (secondary N) is 1. The fourth-order valence-corrected chi connectivity index (χ4v) is 2.67. The van der Waals surface area contributed by atoms with Crippen LogP contribution in [0.2, 0.25) is 15.1 Å². The van der Waals surface area contributed by atoms with Crippen molar-refractivity contribution in [2.24, 2.45) is 0 Å². The van der Waals surface area contributed by atoms with Crippen molar-refractivity contribution in [1.82, 2.24) is 5.32 Å². The van der Waals surface area contributed by atoms with Gasteiger partial charge in [-0.25, -0.2) is 4.79 Å². The summed E-state index contributed by atoms with van der Waals surface area (Å²) in [6.07, 6.45) is 0.612. The van der Waals surface area contributed by atoms with Crippen LogP contribution in [0, 0.1) is 0 Å². The number of esters is 1. The molecule has 0 radical (unpaired) electrons. The first-order valence-corrected chi connectivity index (χ1v) is 8.75. The van der Waals surface area contributed by atoms with Gasteiger partial charge in [-0.2, -0.15) is 0 Å². The molecule has 0 atom stereocenters. The third-order valence-electron chi connectivity index (χ3n) is 3.44. The highest BCUT2D eigenvalue weighted by molar-refractivity contribution is 6.43. The van der Waals surface area contributed by atoms with E-state index >= 15 is 0 Å². The maximum Gasteiger partial charge on any atom is 0.337 e. The molecule has 1 N–H and O–H groups in total. The second kappa shape index (κ2) is 9.67. The third-order valence-corrected chi connectivity index (χ3v) is 4.46. The van der Waals surface area contributed by atoms with E-state index in [1.165, 1.54) is 19.2 Å². The first-order chi connectivity index (χ1) is 12.4. The molecule has 8 heteroatoms. The molecule has 138 valence electrons. The molecule has 0 spiro atoms. The van der Waals surface area contributed by atoms with Crippen molar-refractivity contribution in [3.63, 3.8) is 0 Å². The molecule has 0 saturated heterocycles. The SMILES string of the molecule is COC(=O)c1ccc(CCNC(=O)COc2cc(Cl)c(Cl)cc2Cl)cc1. The maximum atomic E-state index is 11.9. The largest absolute Gasteiger partial charge is 0.482 e. The lowest BCUT2D eigenvalue weighted by molar-refractivity contribution is -0.123. The van der Waals surface area contributed by atoms with E-state index in [1.807, 2.05) is 12.1 Å². The summed E-state index contributed by atoms with van der Waals surface area (Å²) in [7, 11) is 1.33. The highest BCUT2D eigenvalue weighted by atomic mass is 35.5. The van der Waals surface area contributed by atoms with Gasteiger partial charge < -0.3 is 14.8 Å². The van der Waals surface area contributed by atoms with Crippen molar-refractivity contribution < 1.29 is 19.1 Å². The number of amides is 1. The predicted octanol–water partition coefficient (Wildman–Crippen LogP) is 4.17. The number of carbonyl (C=O) groups excluding carboxylic acids is 2. The average molecular weight is 417 g/mol. The molecule has 0 aliphatic rings. The van der Waals surface area contributed by atoms with Crippen LogP contribution in [-0.4, -0.2) is 32.1 Å². The number of methoxy groups -OCH3 is 1. The summed E-state index contributed by atoms with van der Waals surface area (Å²) in [6, 6.07) is 9.89. The molecule has 5 nitrogen and oxygen atoms in total. The van der Waals surface area contributed by atoms with E-state index < -0.39 is 0 Å². The van der Waals surface area contributed by atoms with E-state index in [0.717, 1.165) is 5.56 Å². The van der Waals surface area contributed by atoms with Crippen LogP contribution in [0.1, 0.15) is 15.9 Å². The van der Waals surface area contributed by atoms with Crippen LogP contribution >= 0.6 is 34.8 Å².